The molecule has 0 spiro atoms. The van der Waals surface area contributed by atoms with Gasteiger partial charge in [0.15, 0.2) is 0 Å². The predicted molar refractivity (Wildman–Crippen MR) is 106 cm³/mol. The van der Waals surface area contributed by atoms with Crippen LogP contribution in [0, 0.1) is 0 Å². The Bertz CT molecular complexity index is 706. The van der Waals surface area contributed by atoms with E-state index in [0.29, 0.717) is 5.75 Å². The second-order valence-corrected chi connectivity index (χ2v) is 7.42. The lowest BCUT2D eigenvalue weighted by atomic mass is 10.1. The highest BCUT2D eigenvalue weighted by molar-refractivity contribution is 9.10. The second-order valence-electron chi connectivity index (χ2n) is 5.52. The van der Waals surface area contributed by atoms with Crippen LogP contribution in [0.4, 0.5) is 0 Å². The van der Waals surface area contributed by atoms with E-state index in [4.69, 9.17) is 9.47 Å². The zero-order valence-electron chi connectivity index (χ0n) is 14.5. The van der Waals surface area contributed by atoms with E-state index in [0.717, 1.165) is 27.3 Å². The van der Waals surface area contributed by atoms with Crippen molar-refractivity contribution in [2.75, 3.05) is 20.0 Å². The smallest absolute Gasteiger partial charge is 0.230 e. The fourth-order valence-corrected chi connectivity index (χ4v) is 3.44. The van der Waals surface area contributed by atoms with Gasteiger partial charge in [0, 0.05) is 15.8 Å². The summed E-state index contributed by atoms with van der Waals surface area (Å²) in [6, 6.07) is 13.5. The van der Waals surface area contributed by atoms with Gasteiger partial charge in [-0.2, -0.15) is 0 Å². The molecule has 0 aromatic heterocycles. The summed E-state index contributed by atoms with van der Waals surface area (Å²) in [4.78, 5) is 12.2. The van der Waals surface area contributed by atoms with Crippen LogP contribution in [0.3, 0.4) is 0 Å². The van der Waals surface area contributed by atoms with Gasteiger partial charge in [-0.05, 0) is 42.8 Å². The molecule has 1 N–H and O–H groups in total. The maximum Gasteiger partial charge on any atom is 0.230 e. The lowest BCUT2D eigenvalue weighted by Gasteiger charge is -2.18. The van der Waals surface area contributed by atoms with Gasteiger partial charge in [-0.15, -0.1) is 11.8 Å². The molecule has 1 atom stereocenters. The summed E-state index contributed by atoms with van der Waals surface area (Å²) in [5.41, 5.74) is 2.09. The van der Waals surface area contributed by atoms with E-state index in [1.165, 1.54) is 5.56 Å². The van der Waals surface area contributed by atoms with Gasteiger partial charge in [-0.1, -0.05) is 28.1 Å². The zero-order valence-corrected chi connectivity index (χ0v) is 16.9. The Kier molecular flexibility index (Phi) is 7.65. The van der Waals surface area contributed by atoms with Crippen molar-refractivity contribution in [2.24, 2.45) is 0 Å². The first-order valence-corrected chi connectivity index (χ1v) is 9.81. The molecule has 4 nitrogen and oxygen atoms in total. The zero-order chi connectivity index (χ0) is 18.2. The van der Waals surface area contributed by atoms with Gasteiger partial charge in [-0.25, -0.2) is 0 Å². The Morgan fingerprint density at radius 3 is 2.52 bits per heavy atom. The molecule has 0 aliphatic heterocycles. The van der Waals surface area contributed by atoms with Gasteiger partial charge in [-0.3, -0.25) is 4.79 Å². The molecule has 0 bridgehead atoms. The van der Waals surface area contributed by atoms with Crippen LogP contribution in [0.15, 0.2) is 46.9 Å². The Balaban J connectivity index is 1.88. The van der Waals surface area contributed by atoms with Crippen LogP contribution in [0.2, 0.25) is 0 Å². The summed E-state index contributed by atoms with van der Waals surface area (Å²) in [6.07, 6.45) is 0. The highest BCUT2D eigenvalue weighted by atomic mass is 79.9. The van der Waals surface area contributed by atoms with Crippen molar-refractivity contribution in [1.29, 1.82) is 0 Å². The van der Waals surface area contributed by atoms with Crippen LogP contribution in [0.25, 0.3) is 0 Å². The molecule has 0 heterocycles. The van der Waals surface area contributed by atoms with E-state index in [9.17, 15) is 4.79 Å². The van der Waals surface area contributed by atoms with Crippen molar-refractivity contribution < 1.29 is 14.3 Å². The number of amides is 1. The summed E-state index contributed by atoms with van der Waals surface area (Å²) < 4.78 is 11.7. The number of carbonyl (C=O) groups is 1. The molecule has 0 aliphatic rings. The van der Waals surface area contributed by atoms with Gasteiger partial charge in [0.25, 0.3) is 0 Å². The molecular weight excluding hydrogens is 402 g/mol. The molecule has 25 heavy (non-hydrogen) atoms. The molecule has 1 unspecified atom stereocenters. The summed E-state index contributed by atoms with van der Waals surface area (Å²) in [5, 5.41) is 3.01. The van der Waals surface area contributed by atoms with E-state index in [-0.39, 0.29) is 11.9 Å². The molecule has 0 saturated heterocycles. The number of hydrogen-bond donors (Lipinski definition) is 1. The molecule has 2 rings (SSSR count). The number of rotatable bonds is 8. The Morgan fingerprint density at radius 1 is 1.16 bits per heavy atom. The third kappa shape index (κ3) is 5.97. The molecular formula is C19H22BrNO3S. The minimum absolute atomic E-state index is 0.000477. The number of ether oxygens (including phenoxy) is 2. The quantitative estimate of drug-likeness (QED) is 0.674. The third-order valence-electron chi connectivity index (χ3n) is 3.70. The lowest BCUT2D eigenvalue weighted by Crippen LogP contribution is -2.28. The molecule has 0 aliphatic carbocycles. The van der Waals surface area contributed by atoms with E-state index < -0.39 is 0 Å². The third-order valence-corrected chi connectivity index (χ3v) is 5.23. The average Bonchev–Trinajstić information content (AvgIpc) is 2.62. The van der Waals surface area contributed by atoms with Crippen LogP contribution in [0.1, 0.15) is 24.1 Å². The number of carbonyl (C=O) groups excluding carboxylic acids is 1. The summed E-state index contributed by atoms with van der Waals surface area (Å²) >= 11 is 5.01. The van der Waals surface area contributed by atoms with Crippen molar-refractivity contribution in [1.82, 2.24) is 5.32 Å². The summed E-state index contributed by atoms with van der Waals surface area (Å²) in [6.45, 7) is 1.94. The molecule has 2 aromatic rings. The molecule has 6 heteroatoms. The van der Waals surface area contributed by atoms with Gasteiger partial charge < -0.3 is 14.8 Å². The molecule has 134 valence electrons. The van der Waals surface area contributed by atoms with Gasteiger partial charge in [0.2, 0.25) is 5.91 Å². The first kappa shape index (κ1) is 19.7. The number of halogens is 1. The van der Waals surface area contributed by atoms with Crippen LogP contribution in [-0.2, 0) is 10.5 Å². The molecule has 0 radical (unpaired) electrons. The van der Waals surface area contributed by atoms with Crippen molar-refractivity contribution in [3.63, 3.8) is 0 Å². The standard InChI is InChI=1S/C19H22BrNO3S/c1-13(17-10-16(23-2)8-9-18(17)24-3)21-19(22)12-25-11-14-4-6-15(20)7-5-14/h4-10,13H,11-12H2,1-3H3,(H,21,22). The highest BCUT2D eigenvalue weighted by Gasteiger charge is 2.15. The SMILES string of the molecule is COc1ccc(OC)c(C(C)NC(=O)CSCc2ccc(Br)cc2)c1. The minimum atomic E-state index is -0.161. The van der Waals surface area contributed by atoms with Crippen molar-refractivity contribution >= 4 is 33.6 Å². The van der Waals surface area contributed by atoms with Gasteiger partial charge in [0.1, 0.15) is 11.5 Å². The maximum absolute atomic E-state index is 12.2. The fourth-order valence-electron chi connectivity index (χ4n) is 2.38. The first-order chi connectivity index (χ1) is 12.0. The summed E-state index contributed by atoms with van der Waals surface area (Å²) in [5.74, 6) is 2.68. The number of benzene rings is 2. The normalized spacial score (nSPS) is 11.7. The Labute approximate surface area is 161 Å². The van der Waals surface area contributed by atoms with Crippen LogP contribution in [0.5, 0.6) is 11.5 Å². The summed E-state index contributed by atoms with van der Waals surface area (Å²) in [7, 11) is 3.24. The first-order valence-electron chi connectivity index (χ1n) is 7.87. The van der Waals surface area contributed by atoms with Crippen molar-refractivity contribution in [2.45, 2.75) is 18.7 Å². The Hall–Kier alpha value is -1.66. The largest absolute Gasteiger partial charge is 0.497 e. The number of nitrogens with one attached hydrogen (secondary N) is 1. The van der Waals surface area contributed by atoms with Crippen LogP contribution >= 0.6 is 27.7 Å². The van der Waals surface area contributed by atoms with E-state index >= 15 is 0 Å². The van der Waals surface area contributed by atoms with E-state index in [1.807, 2.05) is 37.3 Å². The van der Waals surface area contributed by atoms with Crippen molar-refractivity contribution in [3.05, 3.63) is 58.1 Å². The van der Waals surface area contributed by atoms with Gasteiger partial charge >= 0.3 is 0 Å². The molecule has 0 saturated carbocycles. The minimum Gasteiger partial charge on any atom is -0.497 e. The highest BCUT2D eigenvalue weighted by Crippen LogP contribution is 2.29. The fraction of sp³-hybridized carbons (Fsp3) is 0.316. The van der Waals surface area contributed by atoms with Crippen molar-refractivity contribution in [3.8, 4) is 11.5 Å². The number of thioether (sulfide) groups is 1. The van der Waals surface area contributed by atoms with E-state index in [1.54, 1.807) is 26.0 Å². The Morgan fingerprint density at radius 2 is 1.88 bits per heavy atom. The number of hydrogen-bond acceptors (Lipinski definition) is 4. The van der Waals surface area contributed by atoms with Crippen LogP contribution < -0.4 is 14.8 Å². The van der Waals surface area contributed by atoms with E-state index in [2.05, 4.69) is 33.4 Å². The van der Waals surface area contributed by atoms with Gasteiger partial charge in [0.05, 0.1) is 26.0 Å². The molecule has 1 amide bonds. The topological polar surface area (TPSA) is 47.6 Å². The molecule has 0 fully saturated rings. The number of methoxy groups -OCH3 is 2. The predicted octanol–water partition coefficient (Wildman–Crippen LogP) is 4.58. The lowest BCUT2D eigenvalue weighted by molar-refractivity contribution is -0.119. The maximum atomic E-state index is 12.2. The average molecular weight is 424 g/mol. The molecule has 2 aromatic carbocycles. The van der Waals surface area contributed by atoms with Crippen LogP contribution in [-0.4, -0.2) is 25.9 Å². The monoisotopic (exact) mass is 423 g/mol. The second kappa shape index (κ2) is 9.73.